The summed E-state index contributed by atoms with van der Waals surface area (Å²) in [7, 11) is 0. The molecule has 0 atom stereocenters. The number of rotatable bonds is 2. The fourth-order valence-corrected chi connectivity index (χ4v) is 2.89. The van der Waals surface area contributed by atoms with Crippen molar-refractivity contribution in [2.24, 2.45) is 0 Å². The first-order valence-corrected chi connectivity index (χ1v) is 6.86. The molecule has 1 aromatic carbocycles. The minimum Gasteiger partial charge on any atom is -0.397 e. The van der Waals surface area contributed by atoms with Gasteiger partial charge in [-0.05, 0) is 24.3 Å². The Morgan fingerprint density at radius 1 is 1.11 bits per heavy atom. The topological polar surface area (TPSA) is 51.8 Å². The molecule has 2 aromatic heterocycles. The second kappa shape index (κ2) is 5.07. The third kappa shape index (κ3) is 2.37. The van der Waals surface area contributed by atoms with Gasteiger partial charge in [0.15, 0.2) is 0 Å². The molecule has 0 amide bonds. The first-order chi connectivity index (χ1) is 9.25. The molecule has 0 unspecified atom stereocenters. The molecule has 3 nitrogen and oxygen atoms in total. The van der Waals surface area contributed by atoms with E-state index in [1.807, 2.05) is 30.3 Å². The van der Waals surface area contributed by atoms with Crippen molar-refractivity contribution in [1.29, 1.82) is 0 Å². The normalized spacial score (nSPS) is 10.8. The zero-order valence-corrected chi connectivity index (χ0v) is 11.4. The van der Waals surface area contributed by atoms with Crippen molar-refractivity contribution in [1.82, 2.24) is 9.97 Å². The van der Waals surface area contributed by atoms with Crippen LogP contribution in [0.4, 0.5) is 5.69 Å². The van der Waals surface area contributed by atoms with Crippen LogP contribution in [0.15, 0.2) is 58.8 Å². The van der Waals surface area contributed by atoms with Gasteiger partial charge in [0.2, 0.25) is 0 Å². The number of pyridine rings is 2. The summed E-state index contributed by atoms with van der Waals surface area (Å²) < 4.78 is 0. The first-order valence-electron chi connectivity index (χ1n) is 5.66. The smallest absolute Gasteiger partial charge is 0.119 e. The molecule has 94 valence electrons. The van der Waals surface area contributed by atoms with E-state index in [9.17, 15) is 0 Å². The van der Waals surface area contributed by atoms with E-state index in [1.54, 1.807) is 18.6 Å². The summed E-state index contributed by atoms with van der Waals surface area (Å²) in [6, 6.07) is 9.50. The molecule has 5 heteroatoms. The van der Waals surface area contributed by atoms with Gasteiger partial charge >= 0.3 is 0 Å². The van der Waals surface area contributed by atoms with Gasteiger partial charge in [-0.15, -0.1) is 0 Å². The third-order valence-electron chi connectivity index (χ3n) is 2.75. The lowest BCUT2D eigenvalue weighted by atomic mass is 10.1. The van der Waals surface area contributed by atoms with Crippen LogP contribution in [0.3, 0.4) is 0 Å². The lowest BCUT2D eigenvalue weighted by Crippen LogP contribution is -1.91. The molecule has 0 aliphatic carbocycles. The molecule has 0 fully saturated rings. The SMILES string of the molecule is Nc1c(Sc2ncccc2Cl)ccc2cnccc12. The Kier molecular flexibility index (Phi) is 3.27. The van der Waals surface area contributed by atoms with Gasteiger partial charge in [0.25, 0.3) is 0 Å². The van der Waals surface area contributed by atoms with Crippen molar-refractivity contribution in [3.63, 3.8) is 0 Å². The summed E-state index contributed by atoms with van der Waals surface area (Å²) in [4.78, 5) is 9.29. The van der Waals surface area contributed by atoms with E-state index in [0.717, 1.165) is 26.4 Å². The average Bonchev–Trinajstić information content (AvgIpc) is 2.44. The Labute approximate surface area is 119 Å². The highest BCUT2D eigenvalue weighted by molar-refractivity contribution is 7.99. The zero-order valence-electron chi connectivity index (χ0n) is 9.88. The number of nitrogen functional groups attached to an aromatic ring is 1. The van der Waals surface area contributed by atoms with Crippen LogP contribution in [-0.2, 0) is 0 Å². The number of hydrogen-bond donors (Lipinski definition) is 1. The molecule has 0 spiro atoms. The van der Waals surface area contributed by atoms with Crippen LogP contribution >= 0.6 is 23.4 Å². The summed E-state index contributed by atoms with van der Waals surface area (Å²) in [6.07, 6.45) is 5.25. The van der Waals surface area contributed by atoms with Gasteiger partial charge in [0.05, 0.1) is 10.7 Å². The molecule has 0 radical (unpaired) electrons. The molecular weight excluding hydrogens is 278 g/mol. The number of nitrogens with zero attached hydrogens (tertiary/aromatic N) is 2. The molecule has 0 aliphatic heterocycles. The number of anilines is 1. The van der Waals surface area contributed by atoms with E-state index >= 15 is 0 Å². The lowest BCUT2D eigenvalue weighted by molar-refractivity contribution is 1.13. The van der Waals surface area contributed by atoms with Gasteiger partial charge in [-0.3, -0.25) is 4.98 Å². The van der Waals surface area contributed by atoms with Crippen molar-refractivity contribution in [3.05, 3.63) is 53.9 Å². The molecule has 2 heterocycles. The molecule has 3 aromatic rings. The summed E-state index contributed by atoms with van der Waals surface area (Å²) in [5, 5.41) is 3.40. The zero-order chi connectivity index (χ0) is 13.2. The molecule has 0 aliphatic rings. The van der Waals surface area contributed by atoms with E-state index in [0.29, 0.717) is 5.02 Å². The number of hydrogen-bond acceptors (Lipinski definition) is 4. The predicted molar refractivity (Wildman–Crippen MR) is 79.5 cm³/mol. The van der Waals surface area contributed by atoms with Crippen LogP contribution < -0.4 is 5.73 Å². The predicted octanol–water partition coefficient (Wildman–Crippen LogP) is 4.02. The summed E-state index contributed by atoms with van der Waals surface area (Å²) in [5.41, 5.74) is 6.93. The Morgan fingerprint density at radius 3 is 2.84 bits per heavy atom. The maximum atomic E-state index is 6.20. The molecule has 2 N–H and O–H groups in total. The molecule has 0 saturated heterocycles. The Bertz CT molecular complexity index is 746. The highest BCUT2D eigenvalue weighted by atomic mass is 35.5. The number of fused-ring (bicyclic) bond motifs is 1. The lowest BCUT2D eigenvalue weighted by Gasteiger charge is -2.08. The second-order valence-electron chi connectivity index (χ2n) is 3.97. The summed E-state index contributed by atoms with van der Waals surface area (Å²) in [6.45, 7) is 0. The van der Waals surface area contributed by atoms with Crippen LogP contribution in [0, 0.1) is 0 Å². The van der Waals surface area contributed by atoms with Crippen LogP contribution in [0.1, 0.15) is 0 Å². The number of aromatic nitrogens is 2. The Hall–Kier alpha value is -1.78. The monoisotopic (exact) mass is 287 g/mol. The van der Waals surface area contributed by atoms with Crippen LogP contribution in [0.25, 0.3) is 10.8 Å². The van der Waals surface area contributed by atoms with Gasteiger partial charge in [-0.2, -0.15) is 0 Å². The molecular formula is C14H10ClN3S. The highest BCUT2D eigenvalue weighted by Gasteiger charge is 2.09. The van der Waals surface area contributed by atoms with E-state index < -0.39 is 0 Å². The minimum atomic E-state index is 0.627. The molecule has 19 heavy (non-hydrogen) atoms. The second-order valence-corrected chi connectivity index (χ2v) is 5.40. The van der Waals surface area contributed by atoms with Gasteiger partial charge < -0.3 is 5.73 Å². The fraction of sp³-hybridized carbons (Fsp3) is 0. The van der Waals surface area contributed by atoms with Crippen LogP contribution in [-0.4, -0.2) is 9.97 Å². The van der Waals surface area contributed by atoms with Crippen LogP contribution in [0.2, 0.25) is 5.02 Å². The number of halogens is 1. The van der Waals surface area contributed by atoms with Crippen LogP contribution in [0.5, 0.6) is 0 Å². The average molecular weight is 288 g/mol. The van der Waals surface area contributed by atoms with Gasteiger partial charge in [-0.1, -0.05) is 29.4 Å². The third-order valence-corrected chi connectivity index (χ3v) is 4.26. The Morgan fingerprint density at radius 2 is 2.00 bits per heavy atom. The molecule has 0 bridgehead atoms. The summed E-state index contributed by atoms with van der Waals surface area (Å²) in [5.74, 6) is 0. The first kappa shape index (κ1) is 12.3. The van der Waals surface area contributed by atoms with E-state index in [1.165, 1.54) is 11.8 Å². The van der Waals surface area contributed by atoms with Crippen molar-refractivity contribution < 1.29 is 0 Å². The number of nitrogens with two attached hydrogens (primary N) is 1. The maximum absolute atomic E-state index is 6.20. The maximum Gasteiger partial charge on any atom is 0.119 e. The highest BCUT2D eigenvalue weighted by Crippen LogP contribution is 2.37. The van der Waals surface area contributed by atoms with E-state index in [4.69, 9.17) is 17.3 Å². The standard InChI is InChI=1S/C14H10ClN3S/c15-11-2-1-6-18-14(11)19-12-4-3-9-8-17-7-5-10(9)13(12)16/h1-8H,16H2. The van der Waals surface area contributed by atoms with Gasteiger partial charge in [0.1, 0.15) is 5.03 Å². The van der Waals surface area contributed by atoms with Crippen molar-refractivity contribution in [3.8, 4) is 0 Å². The van der Waals surface area contributed by atoms with Crippen molar-refractivity contribution in [2.45, 2.75) is 9.92 Å². The van der Waals surface area contributed by atoms with Gasteiger partial charge in [-0.25, -0.2) is 4.98 Å². The minimum absolute atomic E-state index is 0.627. The number of benzene rings is 1. The van der Waals surface area contributed by atoms with Crippen molar-refractivity contribution >= 4 is 39.8 Å². The molecule has 0 saturated carbocycles. The summed E-state index contributed by atoms with van der Waals surface area (Å²) >= 11 is 7.58. The van der Waals surface area contributed by atoms with Gasteiger partial charge in [0, 0.05) is 34.3 Å². The molecule has 3 rings (SSSR count). The quantitative estimate of drug-likeness (QED) is 0.723. The largest absolute Gasteiger partial charge is 0.397 e. The van der Waals surface area contributed by atoms with E-state index in [-0.39, 0.29) is 0 Å². The van der Waals surface area contributed by atoms with Crippen molar-refractivity contribution in [2.75, 3.05) is 5.73 Å². The Balaban J connectivity index is 2.07. The van der Waals surface area contributed by atoms with E-state index in [2.05, 4.69) is 9.97 Å². The fourth-order valence-electron chi connectivity index (χ4n) is 1.81.